The molecule has 6 heteroatoms. The van der Waals surface area contributed by atoms with E-state index >= 15 is 0 Å². The van der Waals surface area contributed by atoms with Crippen LogP contribution in [0.25, 0.3) is 0 Å². The summed E-state index contributed by atoms with van der Waals surface area (Å²) in [4.78, 5) is 11.2. The minimum absolute atomic E-state index is 0.411. The van der Waals surface area contributed by atoms with Gasteiger partial charge in [-0.15, -0.1) is 0 Å². The van der Waals surface area contributed by atoms with Crippen molar-refractivity contribution in [3.8, 4) is 0 Å². The Bertz CT molecular complexity index is 662. The third-order valence-corrected chi connectivity index (χ3v) is 4.26. The largest absolute Gasteiger partial charge is 0.380 e. The lowest BCUT2D eigenvalue weighted by Gasteiger charge is -2.10. The first-order valence-corrected chi connectivity index (χ1v) is 7.29. The second-order valence-corrected chi connectivity index (χ2v) is 5.83. The fraction of sp³-hybridized carbons (Fsp3) is 0.0714. The third kappa shape index (κ3) is 3.66. The molecule has 0 bridgehead atoms. The highest BCUT2D eigenvalue weighted by Gasteiger charge is 2.06. The van der Waals surface area contributed by atoms with Gasteiger partial charge in [0.15, 0.2) is 0 Å². The van der Waals surface area contributed by atoms with Gasteiger partial charge in [0.05, 0.1) is 15.7 Å². The van der Waals surface area contributed by atoms with E-state index in [1.165, 1.54) is 0 Å². The molecule has 0 atom stereocenters. The molecule has 0 saturated heterocycles. The van der Waals surface area contributed by atoms with E-state index in [9.17, 15) is 4.79 Å². The monoisotopic (exact) mass is 372 g/mol. The second-order valence-electron chi connectivity index (χ2n) is 4.16. The van der Waals surface area contributed by atoms with Crippen LogP contribution in [-0.4, -0.2) is 5.91 Å². The Balaban J connectivity index is 2.15. The van der Waals surface area contributed by atoms with Gasteiger partial charge in [-0.05, 0) is 51.8 Å². The summed E-state index contributed by atoms with van der Waals surface area (Å²) in [6.45, 7) is 0.553. The quantitative estimate of drug-likeness (QED) is 0.830. The zero-order chi connectivity index (χ0) is 14.7. The van der Waals surface area contributed by atoms with Crippen molar-refractivity contribution < 1.29 is 4.79 Å². The molecule has 0 radical (unpaired) electrons. The number of nitrogens with one attached hydrogen (secondary N) is 1. The van der Waals surface area contributed by atoms with E-state index in [-0.39, 0.29) is 0 Å². The summed E-state index contributed by atoms with van der Waals surface area (Å²) in [5.74, 6) is -0.487. The van der Waals surface area contributed by atoms with Gasteiger partial charge in [0.1, 0.15) is 0 Å². The van der Waals surface area contributed by atoms with Crippen molar-refractivity contribution >= 4 is 50.7 Å². The molecule has 0 heterocycles. The predicted octanol–water partition coefficient (Wildman–Crippen LogP) is 4.47. The minimum atomic E-state index is -0.487. The lowest BCUT2D eigenvalue weighted by atomic mass is 10.1. The van der Waals surface area contributed by atoms with Gasteiger partial charge in [-0.1, -0.05) is 29.3 Å². The molecular formula is C14H11BrCl2N2O. The zero-order valence-electron chi connectivity index (χ0n) is 10.3. The average molecular weight is 374 g/mol. The lowest BCUT2D eigenvalue weighted by molar-refractivity contribution is 0.100. The molecule has 0 aliphatic heterocycles. The van der Waals surface area contributed by atoms with E-state index in [0.717, 1.165) is 10.0 Å². The number of carbonyl (C=O) groups is 1. The van der Waals surface area contributed by atoms with Gasteiger partial charge in [-0.3, -0.25) is 4.79 Å². The lowest BCUT2D eigenvalue weighted by Crippen LogP contribution is -2.11. The molecule has 0 fully saturated rings. The Hall–Kier alpha value is -1.23. The normalized spacial score (nSPS) is 10.3. The molecule has 0 spiro atoms. The molecule has 104 valence electrons. The van der Waals surface area contributed by atoms with Crippen LogP contribution in [0.2, 0.25) is 10.0 Å². The first kappa shape index (κ1) is 15.2. The topological polar surface area (TPSA) is 55.1 Å². The van der Waals surface area contributed by atoms with Gasteiger partial charge < -0.3 is 11.1 Å². The number of hydrogen-bond acceptors (Lipinski definition) is 2. The summed E-state index contributed by atoms with van der Waals surface area (Å²) >= 11 is 15.4. The molecular weight excluding hydrogens is 363 g/mol. The van der Waals surface area contributed by atoms with Gasteiger partial charge in [-0.25, -0.2) is 0 Å². The van der Waals surface area contributed by atoms with Crippen LogP contribution in [0.4, 0.5) is 5.69 Å². The van der Waals surface area contributed by atoms with Crippen LogP contribution in [0.5, 0.6) is 0 Å². The number of primary amides is 1. The molecule has 1 amide bonds. The molecule has 3 nitrogen and oxygen atoms in total. The number of rotatable bonds is 4. The first-order chi connectivity index (χ1) is 9.47. The average Bonchev–Trinajstić information content (AvgIpc) is 2.41. The van der Waals surface area contributed by atoms with Crippen molar-refractivity contribution in [3.63, 3.8) is 0 Å². The van der Waals surface area contributed by atoms with E-state index in [1.807, 2.05) is 18.2 Å². The van der Waals surface area contributed by atoms with Crippen molar-refractivity contribution in [2.45, 2.75) is 6.54 Å². The highest BCUT2D eigenvalue weighted by atomic mass is 79.9. The van der Waals surface area contributed by atoms with Crippen molar-refractivity contribution in [2.24, 2.45) is 5.73 Å². The van der Waals surface area contributed by atoms with Crippen molar-refractivity contribution in [1.29, 1.82) is 0 Å². The van der Waals surface area contributed by atoms with Gasteiger partial charge in [0, 0.05) is 16.6 Å². The van der Waals surface area contributed by atoms with Crippen LogP contribution in [0.3, 0.4) is 0 Å². The van der Waals surface area contributed by atoms with Crippen molar-refractivity contribution in [1.82, 2.24) is 0 Å². The SMILES string of the molecule is NC(=O)c1ccc(Cl)c(NCc2ccc(Cl)c(Br)c2)c1. The van der Waals surface area contributed by atoms with E-state index in [1.54, 1.807) is 18.2 Å². The zero-order valence-corrected chi connectivity index (χ0v) is 13.4. The fourth-order valence-corrected chi connectivity index (χ4v) is 2.39. The summed E-state index contributed by atoms with van der Waals surface area (Å²) in [7, 11) is 0. The Morgan fingerprint density at radius 3 is 2.50 bits per heavy atom. The van der Waals surface area contributed by atoms with Crippen LogP contribution in [0, 0.1) is 0 Å². The minimum Gasteiger partial charge on any atom is -0.380 e. The van der Waals surface area contributed by atoms with Crippen molar-refractivity contribution in [2.75, 3.05) is 5.32 Å². The number of halogens is 3. The number of anilines is 1. The van der Waals surface area contributed by atoms with Crippen molar-refractivity contribution in [3.05, 3.63) is 62.0 Å². The predicted molar refractivity (Wildman–Crippen MR) is 86.4 cm³/mol. The van der Waals surface area contributed by atoms with Crippen LogP contribution in [0.1, 0.15) is 15.9 Å². The number of hydrogen-bond donors (Lipinski definition) is 2. The van der Waals surface area contributed by atoms with Crippen LogP contribution in [-0.2, 0) is 6.54 Å². The highest BCUT2D eigenvalue weighted by Crippen LogP contribution is 2.26. The summed E-state index contributed by atoms with van der Waals surface area (Å²) in [6.07, 6.45) is 0. The van der Waals surface area contributed by atoms with E-state index in [0.29, 0.717) is 27.8 Å². The maximum absolute atomic E-state index is 11.2. The molecule has 2 aromatic rings. The number of carbonyl (C=O) groups excluding carboxylic acids is 1. The molecule has 0 aliphatic carbocycles. The van der Waals surface area contributed by atoms with Gasteiger partial charge >= 0.3 is 0 Å². The molecule has 0 aromatic heterocycles. The van der Waals surface area contributed by atoms with Crippen LogP contribution in [0.15, 0.2) is 40.9 Å². The molecule has 3 N–H and O–H groups in total. The van der Waals surface area contributed by atoms with Crippen LogP contribution >= 0.6 is 39.1 Å². The number of benzene rings is 2. The summed E-state index contributed by atoms with van der Waals surface area (Å²) in [5.41, 5.74) is 7.35. The summed E-state index contributed by atoms with van der Waals surface area (Å²) in [5, 5.41) is 4.35. The Labute approximate surface area is 135 Å². The molecule has 0 aliphatic rings. The molecule has 2 aromatic carbocycles. The Morgan fingerprint density at radius 1 is 1.15 bits per heavy atom. The fourth-order valence-electron chi connectivity index (χ4n) is 1.66. The third-order valence-electron chi connectivity index (χ3n) is 2.72. The van der Waals surface area contributed by atoms with Gasteiger partial charge in [0.25, 0.3) is 0 Å². The first-order valence-electron chi connectivity index (χ1n) is 5.74. The molecule has 2 rings (SSSR count). The molecule has 20 heavy (non-hydrogen) atoms. The summed E-state index contributed by atoms with van der Waals surface area (Å²) < 4.78 is 0.829. The van der Waals surface area contributed by atoms with Crippen LogP contribution < -0.4 is 11.1 Å². The maximum Gasteiger partial charge on any atom is 0.248 e. The van der Waals surface area contributed by atoms with E-state index in [4.69, 9.17) is 28.9 Å². The highest BCUT2D eigenvalue weighted by molar-refractivity contribution is 9.10. The second kappa shape index (κ2) is 6.48. The Morgan fingerprint density at radius 2 is 1.85 bits per heavy atom. The number of nitrogens with two attached hydrogens (primary N) is 1. The molecule has 0 unspecified atom stereocenters. The maximum atomic E-state index is 11.2. The Kier molecular flexibility index (Phi) is 4.91. The van der Waals surface area contributed by atoms with E-state index in [2.05, 4.69) is 21.2 Å². The summed E-state index contributed by atoms with van der Waals surface area (Å²) in [6, 6.07) is 10.5. The standard InChI is InChI=1S/C14H11BrCl2N2O/c15-10-5-8(1-3-11(10)16)7-19-13-6-9(14(18)20)2-4-12(13)17/h1-6,19H,7H2,(H2,18,20). The van der Waals surface area contributed by atoms with Gasteiger partial charge in [-0.2, -0.15) is 0 Å². The number of amides is 1. The van der Waals surface area contributed by atoms with Gasteiger partial charge in [0.2, 0.25) is 5.91 Å². The van der Waals surface area contributed by atoms with E-state index < -0.39 is 5.91 Å². The molecule has 0 saturated carbocycles. The smallest absolute Gasteiger partial charge is 0.248 e.